The van der Waals surface area contributed by atoms with Gasteiger partial charge in [0.1, 0.15) is 5.69 Å². The second-order valence-electron chi connectivity index (χ2n) is 7.41. The molecule has 13 heteroatoms. The average Bonchev–Trinajstić information content (AvgIpc) is 3.59. The van der Waals surface area contributed by atoms with Crippen LogP contribution in [-0.4, -0.2) is 36.3 Å². The monoisotopic (exact) mass is 547 g/mol. The predicted octanol–water partition coefficient (Wildman–Crippen LogP) is 4.75. The van der Waals surface area contributed by atoms with Crippen LogP contribution < -0.4 is 10.2 Å². The summed E-state index contributed by atoms with van der Waals surface area (Å²) in [5.74, 6) is -0.195. The van der Waals surface area contributed by atoms with Crippen LogP contribution in [0, 0.1) is 10.1 Å². The van der Waals surface area contributed by atoms with Gasteiger partial charge in [0.05, 0.1) is 16.4 Å². The van der Waals surface area contributed by atoms with E-state index < -0.39 is 4.92 Å². The Bertz CT molecular complexity index is 1620. The van der Waals surface area contributed by atoms with Crippen LogP contribution in [0.1, 0.15) is 0 Å². The average molecular weight is 548 g/mol. The van der Waals surface area contributed by atoms with Crippen molar-refractivity contribution in [3.05, 3.63) is 99.3 Å². The van der Waals surface area contributed by atoms with Crippen molar-refractivity contribution in [1.29, 1.82) is 0 Å². The molecule has 0 bridgehead atoms. The van der Waals surface area contributed by atoms with E-state index in [0.29, 0.717) is 19.7 Å². The first-order valence-corrected chi connectivity index (χ1v) is 13.5. The summed E-state index contributed by atoms with van der Waals surface area (Å²) in [6, 6.07) is 21.4. The zero-order valence-corrected chi connectivity index (χ0v) is 21.4. The van der Waals surface area contributed by atoms with E-state index in [0.717, 1.165) is 17.1 Å². The van der Waals surface area contributed by atoms with Crippen molar-refractivity contribution in [3.63, 3.8) is 0 Å². The number of aromatic nitrogens is 4. The van der Waals surface area contributed by atoms with Gasteiger partial charge in [-0.2, -0.15) is 0 Å². The molecule has 0 aliphatic rings. The molecule has 10 nitrogen and oxygen atoms in total. The summed E-state index contributed by atoms with van der Waals surface area (Å²) in [6.07, 6.45) is 1.69. The Morgan fingerprint density at radius 3 is 2.70 bits per heavy atom. The molecule has 2 aromatic carbocycles. The number of thioether (sulfide) groups is 1. The number of amides is 1. The first-order valence-electron chi connectivity index (χ1n) is 10.8. The van der Waals surface area contributed by atoms with Crippen LogP contribution in [0.3, 0.4) is 0 Å². The quantitative estimate of drug-likeness (QED) is 0.169. The highest BCUT2D eigenvalue weighted by molar-refractivity contribution is 8.01. The van der Waals surface area contributed by atoms with Crippen molar-refractivity contribution >= 4 is 46.0 Å². The van der Waals surface area contributed by atoms with Crippen LogP contribution in [0.4, 0.5) is 5.69 Å². The molecule has 184 valence electrons. The summed E-state index contributed by atoms with van der Waals surface area (Å²) in [6.45, 7) is 0. The third-order valence-corrected chi connectivity index (χ3v) is 7.87. The lowest BCUT2D eigenvalue weighted by atomic mass is 10.1. The van der Waals surface area contributed by atoms with Crippen molar-refractivity contribution in [2.75, 3.05) is 5.75 Å². The Kier molecular flexibility index (Phi) is 7.44. The number of nitro benzene ring substituents is 1. The predicted molar refractivity (Wildman–Crippen MR) is 143 cm³/mol. The molecule has 0 atom stereocenters. The number of hydrogen-bond acceptors (Lipinski definition) is 10. The van der Waals surface area contributed by atoms with E-state index in [4.69, 9.17) is 0 Å². The van der Waals surface area contributed by atoms with E-state index in [9.17, 15) is 14.9 Å². The van der Waals surface area contributed by atoms with Crippen molar-refractivity contribution in [1.82, 2.24) is 25.2 Å². The van der Waals surface area contributed by atoms with Gasteiger partial charge in [-0.05, 0) is 24.3 Å². The number of carbonyl (C=O) groups is 1. The van der Waals surface area contributed by atoms with E-state index in [-0.39, 0.29) is 17.3 Å². The molecule has 3 heterocycles. The van der Waals surface area contributed by atoms with Gasteiger partial charge in [0, 0.05) is 35.0 Å². The Morgan fingerprint density at radius 1 is 1.08 bits per heavy atom. The fraction of sp³-hybridized carbons (Fsp3) is 0.0417. The number of carbonyl (C=O) groups excluding carboxylic acids is 1. The van der Waals surface area contributed by atoms with Crippen LogP contribution in [-0.2, 0) is 4.79 Å². The molecule has 0 radical (unpaired) electrons. The molecule has 0 fully saturated rings. The van der Waals surface area contributed by atoms with E-state index >= 15 is 0 Å². The Balaban J connectivity index is 1.35. The number of nitrogens with zero attached hydrogens (tertiary/aromatic N) is 6. The normalized spacial score (nSPS) is 11.4. The van der Waals surface area contributed by atoms with Crippen LogP contribution >= 0.6 is 34.4 Å². The number of nitro groups is 1. The number of non-ortho nitro benzene ring substituents is 1. The summed E-state index contributed by atoms with van der Waals surface area (Å²) in [7, 11) is 0. The topological polar surface area (TPSA) is 128 Å². The number of pyridine rings is 1. The largest absolute Gasteiger partial charge is 0.284 e. The van der Waals surface area contributed by atoms with E-state index in [1.165, 1.54) is 46.6 Å². The summed E-state index contributed by atoms with van der Waals surface area (Å²) in [5, 5.41) is 26.4. The molecule has 0 aliphatic heterocycles. The standard InChI is InChI=1S/C24H17N7O3S3/c32-21(15-36-24-29-27-22(37-24)19-11-4-5-12-25-19)26-28-23-30(17-8-2-1-3-9-17)20(14-35-23)16-7-6-10-18(13-16)31(33)34/h1-14H,15H2,(H,26,32)/b28-23+. The minimum absolute atomic E-state index is 0.00462. The molecule has 5 rings (SSSR count). The maximum Gasteiger partial charge on any atom is 0.270 e. The van der Waals surface area contributed by atoms with Gasteiger partial charge in [-0.3, -0.25) is 24.5 Å². The summed E-state index contributed by atoms with van der Waals surface area (Å²) in [5.41, 5.74) is 5.52. The Labute approximate surface area is 222 Å². The number of thiazole rings is 1. The van der Waals surface area contributed by atoms with Gasteiger partial charge in [0.2, 0.25) is 4.80 Å². The molecule has 3 aromatic heterocycles. The molecule has 0 aliphatic carbocycles. The molecule has 0 saturated carbocycles. The minimum Gasteiger partial charge on any atom is -0.284 e. The second kappa shape index (κ2) is 11.2. The molecular weight excluding hydrogens is 531 g/mol. The van der Waals surface area contributed by atoms with Crippen molar-refractivity contribution < 1.29 is 9.72 Å². The van der Waals surface area contributed by atoms with Gasteiger partial charge in [0.25, 0.3) is 11.6 Å². The highest BCUT2D eigenvalue weighted by atomic mass is 32.2. The van der Waals surface area contributed by atoms with Crippen molar-refractivity contribution in [3.8, 4) is 27.6 Å². The fourth-order valence-corrected chi connectivity index (χ4v) is 5.81. The zero-order chi connectivity index (χ0) is 25.6. The van der Waals surface area contributed by atoms with Crippen LogP contribution in [0.2, 0.25) is 0 Å². The highest BCUT2D eigenvalue weighted by Gasteiger charge is 2.14. The Hall–Kier alpha value is -4.20. The summed E-state index contributed by atoms with van der Waals surface area (Å²) in [4.78, 5) is 28.2. The lowest BCUT2D eigenvalue weighted by Gasteiger charge is -2.09. The van der Waals surface area contributed by atoms with Gasteiger partial charge in [-0.1, -0.05) is 59.5 Å². The zero-order valence-electron chi connectivity index (χ0n) is 18.9. The molecule has 0 unspecified atom stereocenters. The Morgan fingerprint density at radius 2 is 1.92 bits per heavy atom. The maximum atomic E-state index is 12.5. The number of benzene rings is 2. The molecule has 0 saturated heterocycles. The smallest absolute Gasteiger partial charge is 0.270 e. The summed E-state index contributed by atoms with van der Waals surface area (Å²) < 4.78 is 2.50. The van der Waals surface area contributed by atoms with Gasteiger partial charge in [-0.25, -0.2) is 5.43 Å². The number of para-hydroxylation sites is 1. The van der Waals surface area contributed by atoms with Crippen LogP contribution in [0.25, 0.3) is 27.6 Å². The first kappa shape index (κ1) is 24.5. The minimum atomic E-state index is -0.427. The number of nitrogens with one attached hydrogen (secondary N) is 1. The van der Waals surface area contributed by atoms with E-state index in [2.05, 4.69) is 25.7 Å². The second-order valence-corrected chi connectivity index (χ2v) is 10.4. The van der Waals surface area contributed by atoms with Gasteiger partial charge < -0.3 is 0 Å². The van der Waals surface area contributed by atoms with Crippen molar-refractivity contribution in [2.45, 2.75) is 4.34 Å². The number of rotatable bonds is 8. The summed E-state index contributed by atoms with van der Waals surface area (Å²) >= 11 is 3.94. The molecule has 5 aromatic rings. The fourth-order valence-electron chi connectivity index (χ4n) is 3.33. The van der Waals surface area contributed by atoms with E-state index in [1.807, 2.05) is 58.5 Å². The highest BCUT2D eigenvalue weighted by Crippen LogP contribution is 2.28. The number of hydrogen-bond donors (Lipinski definition) is 1. The molecular formula is C24H17N7O3S3. The van der Waals surface area contributed by atoms with Gasteiger partial charge >= 0.3 is 0 Å². The SMILES string of the molecule is O=C(CSc1nnc(-c2ccccn2)s1)N/N=c1/scc(-c2cccc([N+](=O)[O-])c2)n1-c1ccccc1. The van der Waals surface area contributed by atoms with Gasteiger partial charge in [-0.15, -0.1) is 26.6 Å². The lowest BCUT2D eigenvalue weighted by Crippen LogP contribution is -2.25. The third-order valence-electron chi connectivity index (χ3n) is 4.97. The third kappa shape index (κ3) is 5.80. The van der Waals surface area contributed by atoms with Crippen molar-refractivity contribution in [2.24, 2.45) is 5.10 Å². The van der Waals surface area contributed by atoms with E-state index in [1.54, 1.807) is 18.3 Å². The van der Waals surface area contributed by atoms with Crippen LogP contribution in [0.15, 0.2) is 93.8 Å². The first-order chi connectivity index (χ1) is 18.1. The van der Waals surface area contributed by atoms with Gasteiger partial charge in [0.15, 0.2) is 9.35 Å². The van der Waals surface area contributed by atoms with Crippen LogP contribution in [0.5, 0.6) is 0 Å². The molecule has 1 amide bonds. The molecule has 37 heavy (non-hydrogen) atoms. The molecule has 1 N–H and O–H groups in total. The lowest BCUT2D eigenvalue weighted by molar-refractivity contribution is -0.384. The maximum absolute atomic E-state index is 12.5. The molecule has 0 spiro atoms.